The van der Waals surface area contributed by atoms with Crippen molar-refractivity contribution < 1.29 is 31.1 Å². The number of para-hydroxylation sites is 1. The van der Waals surface area contributed by atoms with Gasteiger partial charge in [-0.2, -0.15) is 31.4 Å². The minimum absolute atomic E-state index is 0.552. The topological polar surface area (TPSA) is 46.9 Å². The van der Waals surface area contributed by atoms with Crippen LogP contribution in [0.2, 0.25) is 5.02 Å². The molecule has 1 amide bonds. The molecule has 0 aliphatic carbocycles. The van der Waals surface area contributed by atoms with E-state index in [1.54, 1.807) is 0 Å². The Hall–Kier alpha value is -2.23. The van der Waals surface area contributed by atoms with Gasteiger partial charge in [0.25, 0.3) is 5.91 Å². The lowest BCUT2D eigenvalue weighted by Gasteiger charge is -2.13. The average Bonchev–Trinajstić information content (AvgIpc) is 2.73. The molecule has 0 bridgehead atoms. The van der Waals surface area contributed by atoms with Crippen LogP contribution in [-0.2, 0) is 19.4 Å². The summed E-state index contributed by atoms with van der Waals surface area (Å²) in [6.07, 6.45) is -9.66. The van der Waals surface area contributed by atoms with E-state index in [2.05, 4.69) is 5.10 Å². The third-order valence-corrected chi connectivity index (χ3v) is 3.31. The van der Waals surface area contributed by atoms with E-state index in [0.29, 0.717) is 4.68 Å². The molecular formula is C13H8ClF6N3O. The Balaban J connectivity index is 2.41. The van der Waals surface area contributed by atoms with Crippen molar-refractivity contribution in [2.45, 2.75) is 12.4 Å². The van der Waals surface area contributed by atoms with Crippen LogP contribution in [0.4, 0.5) is 32.0 Å². The fraction of sp³-hybridized carbons (Fsp3) is 0.231. The van der Waals surface area contributed by atoms with Gasteiger partial charge in [-0.05, 0) is 12.1 Å². The number of hydrogen-bond donors (Lipinski definition) is 1. The number of carbonyl (C=O) groups is 1. The SMILES string of the molecule is Cn1nc(C(F)(F)F)c(Cl)c1C(=O)Nc1ccccc1C(F)(F)F. The Labute approximate surface area is 136 Å². The Morgan fingerprint density at radius 1 is 1.12 bits per heavy atom. The smallest absolute Gasteiger partial charge is 0.320 e. The molecule has 0 unspecified atom stereocenters. The number of rotatable bonds is 2. The zero-order valence-electron chi connectivity index (χ0n) is 11.8. The van der Waals surface area contributed by atoms with E-state index in [0.717, 1.165) is 25.2 Å². The van der Waals surface area contributed by atoms with Crippen LogP contribution in [0.25, 0.3) is 0 Å². The molecule has 0 saturated heterocycles. The van der Waals surface area contributed by atoms with Gasteiger partial charge in [0.2, 0.25) is 0 Å². The van der Waals surface area contributed by atoms with Crippen molar-refractivity contribution in [2.24, 2.45) is 7.05 Å². The first-order valence-corrected chi connectivity index (χ1v) is 6.58. The first-order valence-electron chi connectivity index (χ1n) is 6.20. The summed E-state index contributed by atoms with van der Waals surface area (Å²) in [6.45, 7) is 0. The van der Waals surface area contributed by atoms with E-state index in [1.807, 2.05) is 5.32 Å². The van der Waals surface area contributed by atoms with Gasteiger partial charge in [-0.3, -0.25) is 9.48 Å². The molecule has 0 atom stereocenters. The van der Waals surface area contributed by atoms with Gasteiger partial charge in [-0.1, -0.05) is 23.7 Å². The molecule has 1 aromatic heterocycles. The largest absolute Gasteiger partial charge is 0.436 e. The van der Waals surface area contributed by atoms with Crippen LogP contribution < -0.4 is 5.32 Å². The lowest BCUT2D eigenvalue weighted by atomic mass is 10.1. The van der Waals surface area contributed by atoms with Gasteiger partial charge in [0.05, 0.1) is 11.3 Å². The highest BCUT2D eigenvalue weighted by Gasteiger charge is 2.40. The van der Waals surface area contributed by atoms with Crippen molar-refractivity contribution in [2.75, 3.05) is 5.32 Å². The molecule has 0 aliphatic rings. The zero-order chi connectivity index (χ0) is 18.3. The summed E-state index contributed by atoms with van der Waals surface area (Å²) < 4.78 is 77.3. The number of halogens is 7. The van der Waals surface area contributed by atoms with Gasteiger partial charge >= 0.3 is 12.4 Å². The lowest BCUT2D eigenvalue weighted by molar-refractivity contribution is -0.141. The van der Waals surface area contributed by atoms with Crippen molar-refractivity contribution in [3.63, 3.8) is 0 Å². The molecule has 2 rings (SSSR count). The molecule has 130 valence electrons. The highest BCUT2D eigenvalue weighted by molar-refractivity contribution is 6.34. The van der Waals surface area contributed by atoms with Crippen LogP contribution in [0.5, 0.6) is 0 Å². The number of alkyl halides is 6. The van der Waals surface area contributed by atoms with E-state index in [-0.39, 0.29) is 0 Å². The summed E-state index contributed by atoms with van der Waals surface area (Å²) >= 11 is 5.52. The number of hydrogen-bond acceptors (Lipinski definition) is 2. The van der Waals surface area contributed by atoms with Crippen molar-refractivity contribution >= 4 is 23.2 Å². The highest BCUT2D eigenvalue weighted by atomic mass is 35.5. The number of benzene rings is 1. The summed E-state index contributed by atoms with van der Waals surface area (Å²) in [5.74, 6) is -1.25. The fourth-order valence-corrected chi connectivity index (χ4v) is 2.30. The molecule has 0 radical (unpaired) electrons. The van der Waals surface area contributed by atoms with Crippen LogP contribution in [-0.4, -0.2) is 15.7 Å². The number of anilines is 1. The van der Waals surface area contributed by atoms with Crippen LogP contribution in [0, 0.1) is 0 Å². The molecule has 1 heterocycles. The highest BCUT2D eigenvalue weighted by Crippen LogP contribution is 2.37. The molecule has 0 aliphatic heterocycles. The van der Waals surface area contributed by atoms with Crippen molar-refractivity contribution in [3.8, 4) is 0 Å². The Morgan fingerprint density at radius 3 is 2.21 bits per heavy atom. The maximum Gasteiger partial charge on any atom is 0.436 e. The summed E-state index contributed by atoms with van der Waals surface area (Å²) in [5.41, 5.74) is -3.96. The van der Waals surface area contributed by atoms with Crippen LogP contribution in [0.3, 0.4) is 0 Å². The third kappa shape index (κ3) is 3.48. The number of carbonyl (C=O) groups excluding carboxylic acids is 1. The van der Waals surface area contributed by atoms with Crippen molar-refractivity contribution in [1.82, 2.24) is 9.78 Å². The zero-order valence-corrected chi connectivity index (χ0v) is 12.5. The summed E-state index contributed by atoms with van der Waals surface area (Å²) in [4.78, 5) is 12.1. The van der Waals surface area contributed by atoms with Gasteiger partial charge in [-0.25, -0.2) is 0 Å². The molecule has 11 heteroatoms. The maximum atomic E-state index is 12.9. The van der Waals surface area contributed by atoms with E-state index in [1.165, 1.54) is 6.07 Å². The quantitative estimate of drug-likeness (QED) is 0.797. The molecule has 0 spiro atoms. The Morgan fingerprint density at radius 2 is 1.71 bits per heavy atom. The lowest BCUT2D eigenvalue weighted by Crippen LogP contribution is -2.19. The minimum Gasteiger partial charge on any atom is -0.320 e. The van der Waals surface area contributed by atoms with E-state index in [4.69, 9.17) is 11.6 Å². The fourth-order valence-electron chi connectivity index (χ4n) is 1.95. The molecule has 1 N–H and O–H groups in total. The van der Waals surface area contributed by atoms with Crippen molar-refractivity contribution in [3.05, 3.63) is 46.2 Å². The first kappa shape index (κ1) is 18.1. The summed E-state index contributed by atoms with van der Waals surface area (Å²) in [7, 11) is 1.02. The summed E-state index contributed by atoms with van der Waals surface area (Å²) in [5, 5.41) is 4.01. The van der Waals surface area contributed by atoms with Crippen LogP contribution >= 0.6 is 11.6 Å². The molecule has 4 nitrogen and oxygen atoms in total. The second kappa shape index (κ2) is 6.00. The molecule has 24 heavy (non-hydrogen) atoms. The predicted molar refractivity (Wildman–Crippen MR) is 72.6 cm³/mol. The number of amides is 1. The number of nitrogens with one attached hydrogen (secondary N) is 1. The van der Waals surface area contributed by atoms with Crippen molar-refractivity contribution in [1.29, 1.82) is 0 Å². The van der Waals surface area contributed by atoms with E-state index >= 15 is 0 Å². The van der Waals surface area contributed by atoms with E-state index in [9.17, 15) is 31.1 Å². The number of aromatic nitrogens is 2. The first-order chi connectivity index (χ1) is 10.9. The van der Waals surface area contributed by atoms with Gasteiger partial charge < -0.3 is 5.32 Å². The second-order valence-corrected chi connectivity index (χ2v) is 5.01. The number of aryl methyl sites for hydroxylation is 1. The number of nitrogens with zero attached hydrogens (tertiary/aromatic N) is 2. The maximum absolute atomic E-state index is 12.9. The molecule has 2 aromatic rings. The Kier molecular flexibility index (Phi) is 4.53. The van der Waals surface area contributed by atoms with Gasteiger partial charge in [0.15, 0.2) is 5.69 Å². The van der Waals surface area contributed by atoms with Gasteiger partial charge in [0.1, 0.15) is 10.7 Å². The van der Waals surface area contributed by atoms with Gasteiger partial charge in [-0.15, -0.1) is 0 Å². The normalized spacial score (nSPS) is 12.3. The summed E-state index contributed by atoms with van der Waals surface area (Å²) in [6, 6.07) is 4.03. The standard InChI is InChI=1S/C13H8ClF6N3O/c1-23-9(8(14)10(22-23)13(18,19)20)11(24)21-7-5-3-2-4-6(7)12(15,16)17/h2-5H,1H3,(H,21,24). The minimum atomic E-state index is -4.91. The molecule has 1 aromatic carbocycles. The molecular weight excluding hydrogens is 364 g/mol. The predicted octanol–water partition coefficient (Wildman–Crippen LogP) is 4.36. The van der Waals surface area contributed by atoms with E-state index < -0.39 is 45.9 Å². The average molecular weight is 372 g/mol. The van der Waals surface area contributed by atoms with Gasteiger partial charge in [0, 0.05) is 7.05 Å². The van der Waals surface area contributed by atoms with Crippen LogP contribution in [0.1, 0.15) is 21.7 Å². The van der Waals surface area contributed by atoms with Crippen LogP contribution in [0.15, 0.2) is 24.3 Å². The monoisotopic (exact) mass is 371 g/mol. The third-order valence-electron chi connectivity index (χ3n) is 2.95. The second-order valence-electron chi connectivity index (χ2n) is 4.63. The molecule has 0 saturated carbocycles. The molecule has 0 fully saturated rings. The Bertz CT molecular complexity index is 781.